The summed E-state index contributed by atoms with van der Waals surface area (Å²) in [6.45, 7) is 5.46. The first-order valence-electron chi connectivity index (χ1n) is 9.30. The Hall–Kier alpha value is -2.60. The standard InChI is InChI=1S/C21H26N2O4/c1-15-11-19(16(2)23(15)13-17-7-4-3-5-8-17)21(25)27-14-20(24)22-12-18-9-6-10-26-18/h3-5,7-8,11,18H,6,9-10,12-14H2,1-2H3,(H,22,24)/t18-/m0/s1. The van der Waals surface area contributed by atoms with E-state index in [0.717, 1.165) is 36.4 Å². The Morgan fingerprint density at radius 2 is 2.04 bits per heavy atom. The second kappa shape index (κ2) is 8.86. The van der Waals surface area contributed by atoms with Crippen molar-refractivity contribution >= 4 is 11.9 Å². The van der Waals surface area contributed by atoms with Gasteiger partial charge >= 0.3 is 5.97 Å². The van der Waals surface area contributed by atoms with Crippen molar-refractivity contribution in [3.63, 3.8) is 0 Å². The summed E-state index contributed by atoms with van der Waals surface area (Å²) >= 11 is 0. The van der Waals surface area contributed by atoms with Crippen LogP contribution in [0.5, 0.6) is 0 Å². The van der Waals surface area contributed by atoms with Crippen LogP contribution in [-0.2, 0) is 20.8 Å². The molecule has 1 aliphatic heterocycles. The van der Waals surface area contributed by atoms with Gasteiger partial charge in [-0.3, -0.25) is 4.79 Å². The van der Waals surface area contributed by atoms with Gasteiger partial charge in [-0.1, -0.05) is 30.3 Å². The smallest absolute Gasteiger partial charge is 0.340 e. The topological polar surface area (TPSA) is 69.6 Å². The average Bonchev–Trinajstić information content (AvgIpc) is 3.29. The predicted octanol–water partition coefficient (Wildman–Crippen LogP) is 2.61. The second-order valence-corrected chi connectivity index (χ2v) is 6.87. The van der Waals surface area contributed by atoms with Gasteiger partial charge in [0, 0.05) is 31.1 Å². The lowest BCUT2D eigenvalue weighted by Crippen LogP contribution is -2.34. The summed E-state index contributed by atoms with van der Waals surface area (Å²) in [5.74, 6) is -0.786. The van der Waals surface area contributed by atoms with Gasteiger partial charge in [0.2, 0.25) is 0 Å². The number of carbonyl (C=O) groups is 2. The molecule has 0 saturated carbocycles. The first-order chi connectivity index (χ1) is 13.0. The predicted molar refractivity (Wildman–Crippen MR) is 102 cm³/mol. The van der Waals surface area contributed by atoms with Crippen molar-refractivity contribution in [2.75, 3.05) is 19.8 Å². The summed E-state index contributed by atoms with van der Waals surface area (Å²) in [5.41, 5.74) is 3.47. The van der Waals surface area contributed by atoms with Crippen molar-refractivity contribution in [1.29, 1.82) is 0 Å². The Balaban J connectivity index is 1.55. The van der Waals surface area contributed by atoms with E-state index in [9.17, 15) is 9.59 Å². The van der Waals surface area contributed by atoms with Crippen LogP contribution < -0.4 is 5.32 Å². The SMILES string of the molecule is Cc1cc(C(=O)OCC(=O)NC[C@@H]2CCCO2)c(C)n1Cc1ccccc1. The lowest BCUT2D eigenvalue weighted by atomic mass is 10.2. The van der Waals surface area contributed by atoms with Gasteiger partial charge in [-0.15, -0.1) is 0 Å². The number of esters is 1. The van der Waals surface area contributed by atoms with Crippen LogP contribution in [0.15, 0.2) is 36.4 Å². The number of nitrogens with one attached hydrogen (secondary N) is 1. The molecule has 27 heavy (non-hydrogen) atoms. The number of rotatable bonds is 7. The van der Waals surface area contributed by atoms with Crippen molar-refractivity contribution in [2.45, 2.75) is 39.3 Å². The van der Waals surface area contributed by atoms with Gasteiger partial charge in [0.25, 0.3) is 5.91 Å². The molecule has 0 bridgehead atoms. The third kappa shape index (κ3) is 4.98. The van der Waals surface area contributed by atoms with Crippen LogP contribution in [0, 0.1) is 13.8 Å². The van der Waals surface area contributed by atoms with Crippen LogP contribution in [0.25, 0.3) is 0 Å². The maximum atomic E-state index is 12.4. The summed E-state index contributed by atoms with van der Waals surface area (Å²) in [7, 11) is 0. The number of hydrogen-bond acceptors (Lipinski definition) is 4. The minimum atomic E-state index is -0.477. The molecule has 144 valence electrons. The van der Waals surface area contributed by atoms with Crippen molar-refractivity contribution in [3.8, 4) is 0 Å². The highest BCUT2D eigenvalue weighted by Gasteiger charge is 2.19. The van der Waals surface area contributed by atoms with Gasteiger partial charge in [-0.25, -0.2) is 4.79 Å². The minimum Gasteiger partial charge on any atom is -0.452 e. The number of ether oxygens (including phenoxy) is 2. The van der Waals surface area contributed by atoms with Gasteiger partial charge in [-0.05, 0) is 38.3 Å². The normalized spacial score (nSPS) is 16.3. The molecule has 1 amide bonds. The molecule has 1 N–H and O–H groups in total. The van der Waals surface area contributed by atoms with Crippen molar-refractivity contribution in [1.82, 2.24) is 9.88 Å². The Labute approximate surface area is 159 Å². The molecule has 1 saturated heterocycles. The molecule has 1 aromatic carbocycles. The molecule has 0 aliphatic carbocycles. The van der Waals surface area contributed by atoms with Crippen LogP contribution in [0.1, 0.15) is 40.2 Å². The summed E-state index contributed by atoms with van der Waals surface area (Å²) in [4.78, 5) is 24.3. The Kier molecular flexibility index (Phi) is 6.29. The van der Waals surface area contributed by atoms with E-state index in [1.54, 1.807) is 0 Å². The Bertz CT molecular complexity index is 792. The third-order valence-electron chi connectivity index (χ3n) is 4.86. The Morgan fingerprint density at radius 3 is 2.74 bits per heavy atom. The average molecular weight is 370 g/mol. The summed E-state index contributed by atoms with van der Waals surface area (Å²) in [5, 5.41) is 2.75. The van der Waals surface area contributed by atoms with E-state index in [0.29, 0.717) is 18.7 Å². The van der Waals surface area contributed by atoms with E-state index in [4.69, 9.17) is 9.47 Å². The van der Waals surface area contributed by atoms with Crippen LogP contribution in [0.3, 0.4) is 0 Å². The number of amides is 1. The molecule has 2 aromatic rings. The molecule has 1 aromatic heterocycles. The van der Waals surface area contributed by atoms with E-state index in [1.165, 1.54) is 0 Å². The quantitative estimate of drug-likeness (QED) is 0.761. The fraction of sp³-hybridized carbons (Fsp3) is 0.429. The summed E-state index contributed by atoms with van der Waals surface area (Å²) in [6.07, 6.45) is 2.04. The van der Waals surface area contributed by atoms with E-state index >= 15 is 0 Å². The number of aromatic nitrogens is 1. The summed E-state index contributed by atoms with van der Waals surface area (Å²) in [6, 6.07) is 11.9. The fourth-order valence-electron chi connectivity index (χ4n) is 3.31. The van der Waals surface area contributed by atoms with E-state index in [2.05, 4.69) is 22.0 Å². The molecular formula is C21H26N2O4. The lowest BCUT2D eigenvalue weighted by Gasteiger charge is -2.11. The first kappa shape index (κ1) is 19.2. The van der Waals surface area contributed by atoms with Crippen LogP contribution in [0.4, 0.5) is 0 Å². The molecule has 2 heterocycles. The van der Waals surface area contributed by atoms with Crippen molar-refractivity contribution < 1.29 is 19.1 Å². The van der Waals surface area contributed by atoms with Crippen LogP contribution >= 0.6 is 0 Å². The lowest BCUT2D eigenvalue weighted by molar-refractivity contribution is -0.124. The van der Waals surface area contributed by atoms with Gasteiger partial charge < -0.3 is 19.4 Å². The molecule has 3 rings (SSSR count). The molecule has 0 spiro atoms. The number of hydrogen-bond donors (Lipinski definition) is 1. The second-order valence-electron chi connectivity index (χ2n) is 6.87. The molecule has 1 fully saturated rings. The van der Waals surface area contributed by atoms with Gasteiger partial charge in [0.15, 0.2) is 6.61 Å². The van der Waals surface area contributed by atoms with Crippen LogP contribution in [-0.4, -0.2) is 42.3 Å². The monoisotopic (exact) mass is 370 g/mol. The molecule has 1 atom stereocenters. The molecule has 6 heteroatoms. The largest absolute Gasteiger partial charge is 0.452 e. The number of aryl methyl sites for hydroxylation is 1. The zero-order valence-corrected chi connectivity index (χ0v) is 15.9. The van der Waals surface area contributed by atoms with Crippen molar-refractivity contribution in [2.24, 2.45) is 0 Å². The highest BCUT2D eigenvalue weighted by molar-refractivity contribution is 5.92. The van der Waals surface area contributed by atoms with E-state index in [-0.39, 0.29) is 18.6 Å². The number of benzene rings is 1. The molecule has 0 unspecified atom stereocenters. The maximum absolute atomic E-state index is 12.4. The van der Waals surface area contributed by atoms with E-state index in [1.807, 2.05) is 38.1 Å². The molecular weight excluding hydrogens is 344 g/mol. The van der Waals surface area contributed by atoms with Gasteiger partial charge in [0.1, 0.15) is 0 Å². The van der Waals surface area contributed by atoms with Gasteiger partial charge in [-0.2, -0.15) is 0 Å². The molecule has 1 aliphatic rings. The van der Waals surface area contributed by atoms with E-state index < -0.39 is 5.97 Å². The highest BCUT2D eigenvalue weighted by Crippen LogP contribution is 2.18. The first-order valence-corrected chi connectivity index (χ1v) is 9.30. The molecule has 0 radical (unpaired) electrons. The fourth-order valence-corrected chi connectivity index (χ4v) is 3.31. The highest BCUT2D eigenvalue weighted by atomic mass is 16.5. The van der Waals surface area contributed by atoms with Crippen LogP contribution in [0.2, 0.25) is 0 Å². The van der Waals surface area contributed by atoms with Crippen molar-refractivity contribution in [3.05, 3.63) is 58.9 Å². The maximum Gasteiger partial charge on any atom is 0.340 e. The van der Waals surface area contributed by atoms with Gasteiger partial charge in [0.05, 0.1) is 11.7 Å². The minimum absolute atomic E-state index is 0.0709. The number of carbonyl (C=O) groups excluding carboxylic acids is 2. The number of nitrogens with zero attached hydrogens (tertiary/aromatic N) is 1. The molecule has 6 nitrogen and oxygen atoms in total. The summed E-state index contributed by atoms with van der Waals surface area (Å²) < 4.78 is 12.7. The zero-order chi connectivity index (χ0) is 19.2. The third-order valence-corrected chi connectivity index (χ3v) is 4.86. The zero-order valence-electron chi connectivity index (χ0n) is 15.9. The Morgan fingerprint density at radius 1 is 1.26 bits per heavy atom.